The van der Waals surface area contributed by atoms with Gasteiger partial charge in [-0.25, -0.2) is 4.98 Å². The van der Waals surface area contributed by atoms with Gasteiger partial charge in [0.1, 0.15) is 41.7 Å². The number of rotatable bonds is 17. The van der Waals surface area contributed by atoms with Gasteiger partial charge in [-0.1, -0.05) is 60.0 Å². The summed E-state index contributed by atoms with van der Waals surface area (Å²) in [6.07, 6.45) is 10.3. The molecule has 1 atom stereocenters. The topological polar surface area (TPSA) is 97.5 Å². The zero-order valence-corrected chi connectivity index (χ0v) is 33.7. The van der Waals surface area contributed by atoms with Crippen LogP contribution in [-0.4, -0.2) is 51.7 Å². The largest absolute Gasteiger partial charge is 0.493 e. The summed E-state index contributed by atoms with van der Waals surface area (Å²) in [6.45, 7) is 11.2. The minimum atomic E-state index is 0.273. The molecule has 0 radical (unpaired) electrons. The number of imidazole rings is 1. The lowest BCUT2D eigenvalue weighted by Crippen LogP contribution is -2.36. The summed E-state index contributed by atoms with van der Waals surface area (Å²) in [5.74, 6) is 2.15. The van der Waals surface area contributed by atoms with Gasteiger partial charge in [0.2, 0.25) is 0 Å². The standard InChI is InChI=1S/C44H50Cl2N6O3/c1-30-10-5-6-18-52(30)26-36-21-39(45)43(22-42(36)54-27-34-20-33(23-47)24-49-25-34)55-28-35-11-7-12-37(31(35)2)38-13-8-14-41(32(38)3)53-19-9-16-48-17-15-40-44(46)51(4)29-50-40/h7-8,11-14,20-22,24-25,29-30,48H,5-6,9-10,15-19,26-28H2,1-4H3/t30-/m1/s1. The third kappa shape index (κ3) is 10.4. The maximum absolute atomic E-state index is 9.36. The summed E-state index contributed by atoms with van der Waals surface area (Å²) in [7, 11) is 1.90. The fourth-order valence-electron chi connectivity index (χ4n) is 7.04. The molecule has 0 unspecified atom stereocenters. The highest BCUT2D eigenvalue weighted by Gasteiger charge is 2.22. The van der Waals surface area contributed by atoms with Crippen LogP contribution in [0.15, 0.2) is 73.3 Å². The first-order valence-electron chi connectivity index (χ1n) is 19.1. The van der Waals surface area contributed by atoms with Gasteiger partial charge in [0.25, 0.3) is 0 Å². The molecule has 1 fully saturated rings. The van der Waals surface area contributed by atoms with E-state index in [0.717, 1.165) is 89.4 Å². The number of nitriles is 1. The molecule has 3 heterocycles. The zero-order valence-electron chi connectivity index (χ0n) is 32.2. The molecule has 5 aromatic rings. The van der Waals surface area contributed by atoms with Crippen molar-refractivity contribution in [3.05, 3.63) is 123 Å². The molecule has 2 aromatic heterocycles. The Morgan fingerprint density at radius 3 is 2.47 bits per heavy atom. The summed E-state index contributed by atoms with van der Waals surface area (Å²) < 4.78 is 20.9. The number of nitrogens with one attached hydrogen (secondary N) is 1. The van der Waals surface area contributed by atoms with Crippen LogP contribution in [0, 0.1) is 25.2 Å². The third-order valence-electron chi connectivity index (χ3n) is 10.4. The molecule has 0 aliphatic carbocycles. The molecule has 11 heteroatoms. The highest BCUT2D eigenvalue weighted by atomic mass is 35.5. The summed E-state index contributed by atoms with van der Waals surface area (Å²) in [6, 6.07) is 20.9. The number of halogens is 2. The van der Waals surface area contributed by atoms with Gasteiger partial charge in [-0.15, -0.1) is 0 Å². The molecule has 3 aromatic carbocycles. The van der Waals surface area contributed by atoms with Gasteiger partial charge in [-0.3, -0.25) is 9.88 Å². The molecule has 1 saturated heterocycles. The van der Waals surface area contributed by atoms with Crippen molar-refractivity contribution in [3.63, 3.8) is 0 Å². The molecule has 288 valence electrons. The second-order valence-corrected chi connectivity index (χ2v) is 15.1. The monoisotopic (exact) mass is 780 g/mol. The second-order valence-electron chi connectivity index (χ2n) is 14.3. The lowest BCUT2D eigenvalue weighted by molar-refractivity contribution is 0.150. The van der Waals surface area contributed by atoms with E-state index in [9.17, 15) is 5.26 Å². The highest BCUT2D eigenvalue weighted by molar-refractivity contribution is 6.32. The third-order valence-corrected chi connectivity index (χ3v) is 11.2. The Hall–Kier alpha value is -4.59. The van der Waals surface area contributed by atoms with Crippen molar-refractivity contribution in [2.24, 2.45) is 7.05 Å². The van der Waals surface area contributed by atoms with Crippen LogP contribution < -0.4 is 19.5 Å². The van der Waals surface area contributed by atoms with E-state index in [0.29, 0.717) is 46.5 Å². The molecular weight excluding hydrogens is 731 g/mol. The van der Waals surface area contributed by atoms with Crippen molar-refractivity contribution < 1.29 is 14.2 Å². The van der Waals surface area contributed by atoms with Crippen LogP contribution in [0.4, 0.5) is 0 Å². The normalized spacial score (nSPS) is 14.5. The molecule has 1 aliphatic rings. The van der Waals surface area contributed by atoms with Crippen LogP contribution in [-0.2, 0) is 33.2 Å². The molecule has 0 bridgehead atoms. The van der Waals surface area contributed by atoms with E-state index in [4.69, 9.17) is 37.4 Å². The van der Waals surface area contributed by atoms with Crippen molar-refractivity contribution >= 4 is 23.2 Å². The highest BCUT2D eigenvalue weighted by Crippen LogP contribution is 2.37. The Labute approximate surface area is 335 Å². The minimum absolute atomic E-state index is 0.273. The first-order chi connectivity index (χ1) is 26.7. The number of hydrogen-bond donors (Lipinski definition) is 1. The van der Waals surface area contributed by atoms with Crippen molar-refractivity contribution in [3.8, 4) is 34.4 Å². The van der Waals surface area contributed by atoms with Crippen LogP contribution in [0.25, 0.3) is 11.1 Å². The van der Waals surface area contributed by atoms with E-state index in [1.807, 2.05) is 29.8 Å². The number of aryl methyl sites for hydroxylation is 1. The molecule has 0 spiro atoms. The lowest BCUT2D eigenvalue weighted by atomic mass is 9.93. The first kappa shape index (κ1) is 40.1. The Balaban J connectivity index is 1.11. The molecule has 6 rings (SSSR count). The van der Waals surface area contributed by atoms with Gasteiger partial charge in [0, 0.05) is 62.2 Å². The zero-order chi connectivity index (χ0) is 38.7. The quantitative estimate of drug-likeness (QED) is 0.0933. The molecule has 0 saturated carbocycles. The van der Waals surface area contributed by atoms with E-state index >= 15 is 0 Å². The van der Waals surface area contributed by atoms with E-state index in [2.05, 4.69) is 77.4 Å². The number of piperidine rings is 1. The van der Waals surface area contributed by atoms with Crippen molar-refractivity contribution in [2.45, 2.75) is 78.7 Å². The van der Waals surface area contributed by atoms with Crippen LogP contribution in [0.3, 0.4) is 0 Å². The average molecular weight is 782 g/mol. The summed E-state index contributed by atoms with van der Waals surface area (Å²) >= 11 is 13.2. The van der Waals surface area contributed by atoms with Gasteiger partial charge in [-0.2, -0.15) is 5.26 Å². The van der Waals surface area contributed by atoms with Crippen LogP contribution in [0.5, 0.6) is 17.2 Å². The van der Waals surface area contributed by atoms with Crippen LogP contribution in [0.2, 0.25) is 10.2 Å². The number of hydrogen-bond acceptors (Lipinski definition) is 8. The number of nitrogens with zero attached hydrogens (tertiary/aromatic N) is 5. The summed E-state index contributed by atoms with van der Waals surface area (Å²) in [5.41, 5.74) is 8.79. The van der Waals surface area contributed by atoms with Gasteiger partial charge in [-0.05, 0) is 99.1 Å². The Morgan fingerprint density at radius 2 is 1.69 bits per heavy atom. The molecule has 1 aliphatic heterocycles. The smallest absolute Gasteiger partial charge is 0.142 e. The Morgan fingerprint density at radius 1 is 0.891 bits per heavy atom. The van der Waals surface area contributed by atoms with E-state index < -0.39 is 0 Å². The number of pyridine rings is 1. The predicted octanol–water partition coefficient (Wildman–Crippen LogP) is 9.41. The van der Waals surface area contributed by atoms with Gasteiger partial charge < -0.3 is 24.1 Å². The van der Waals surface area contributed by atoms with Crippen LogP contribution in [0.1, 0.15) is 71.7 Å². The van der Waals surface area contributed by atoms with Gasteiger partial charge >= 0.3 is 0 Å². The van der Waals surface area contributed by atoms with E-state index in [-0.39, 0.29) is 6.61 Å². The van der Waals surface area contributed by atoms with Gasteiger partial charge in [0.15, 0.2) is 0 Å². The molecule has 0 amide bonds. The van der Waals surface area contributed by atoms with E-state index in [1.165, 1.54) is 19.3 Å². The molecule has 1 N–H and O–H groups in total. The van der Waals surface area contributed by atoms with Gasteiger partial charge in [0.05, 0.1) is 29.2 Å². The fourth-order valence-corrected chi connectivity index (χ4v) is 7.46. The van der Waals surface area contributed by atoms with Crippen molar-refractivity contribution in [1.82, 2.24) is 24.8 Å². The summed E-state index contributed by atoms with van der Waals surface area (Å²) in [5, 5.41) is 14.1. The molecule has 55 heavy (non-hydrogen) atoms. The first-order valence-corrected chi connectivity index (χ1v) is 19.8. The van der Waals surface area contributed by atoms with E-state index in [1.54, 1.807) is 24.8 Å². The average Bonchev–Trinajstić information content (AvgIpc) is 3.51. The predicted molar refractivity (Wildman–Crippen MR) is 219 cm³/mol. The van der Waals surface area contributed by atoms with Crippen molar-refractivity contribution in [1.29, 1.82) is 5.26 Å². The fraction of sp³-hybridized carbons (Fsp3) is 0.386. The van der Waals surface area contributed by atoms with Crippen LogP contribution >= 0.6 is 23.2 Å². The minimum Gasteiger partial charge on any atom is -0.493 e. The molecular formula is C44H50Cl2N6O3. The summed E-state index contributed by atoms with van der Waals surface area (Å²) in [4.78, 5) is 11.0. The number of aromatic nitrogens is 3. The SMILES string of the molecule is Cc1c(COc2cc(OCc3cncc(C#N)c3)c(CN3CCCC[C@H]3C)cc2Cl)cccc1-c1cccc(OCCCNCCc2ncn(C)c2Cl)c1C. The second kappa shape index (κ2) is 19.3. The maximum Gasteiger partial charge on any atom is 0.142 e. The molecule has 9 nitrogen and oxygen atoms in total. The number of benzene rings is 3. The lowest BCUT2D eigenvalue weighted by Gasteiger charge is -2.33. The maximum atomic E-state index is 9.36. The van der Waals surface area contributed by atoms with Crippen molar-refractivity contribution in [2.75, 3.05) is 26.2 Å². The number of ether oxygens (including phenoxy) is 3. The number of likely N-dealkylation sites (tertiary alicyclic amines) is 1. The Kier molecular flexibility index (Phi) is 14.1. The Bertz CT molecular complexity index is 2110.